The Morgan fingerprint density at radius 3 is 2.56 bits per heavy atom. The zero-order valence-corrected chi connectivity index (χ0v) is 15.9. The molecular formula is C21H25N5O. The number of nitrogen functional groups attached to an aromatic ring is 1. The summed E-state index contributed by atoms with van der Waals surface area (Å²) in [6, 6.07) is 18.2. The van der Waals surface area contributed by atoms with E-state index in [4.69, 9.17) is 10.5 Å². The molecule has 27 heavy (non-hydrogen) atoms. The number of aryl methyl sites for hydroxylation is 1. The smallest absolute Gasteiger partial charge is 0.222 e. The van der Waals surface area contributed by atoms with E-state index in [9.17, 15) is 0 Å². The molecule has 6 heteroatoms. The van der Waals surface area contributed by atoms with Crippen molar-refractivity contribution in [3.05, 3.63) is 71.4 Å². The van der Waals surface area contributed by atoms with Crippen molar-refractivity contribution in [2.24, 2.45) is 0 Å². The van der Waals surface area contributed by atoms with Crippen molar-refractivity contribution in [1.82, 2.24) is 14.9 Å². The van der Waals surface area contributed by atoms with E-state index < -0.39 is 0 Å². The fraction of sp³-hybridized carbons (Fsp3) is 0.238. The van der Waals surface area contributed by atoms with Crippen molar-refractivity contribution in [1.29, 1.82) is 0 Å². The average molecular weight is 363 g/mol. The summed E-state index contributed by atoms with van der Waals surface area (Å²) in [7, 11) is 3.70. The second-order valence-corrected chi connectivity index (χ2v) is 6.59. The molecule has 0 aliphatic carbocycles. The summed E-state index contributed by atoms with van der Waals surface area (Å²) in [5.41, 5.74) is 10.0. The first-order chi connectivity index (χ1) is 13.0. The molecule has 0 amide bonds. The van der Waals surface area contributed by atoms with Crippen LogP contribution in [0.3, 0.4) is 0 Å². The highest BCUT2D eigenvalue weighted by Gasteiger charge is 2.09. The van der Waals surface area contributed by atoms with E-state index in [0.29, 0.717) is 12.4 Å². The number of rotatable bonds is 7. The van der Waals surface area contributed by atoms with Gasteiger partial charge in [0.25, 0.3) is 0 Å². The molecule has 0 saturated heterocycles. The van der Waals surface area contributed by atoms with Crippen molar-refractivity contribution in [2.45, 2.75) is 20.0 Å². The van der Waals surface area contributed by atoms with Gasteiger partial charge in [0.2, 0.25) is 5.95 Å². The summed E-state index contributed by atoms with van der Waals surface area (Å²) < 4.78 is 5.42. The molecule has 140 valence electrons. The number of nitrogens with one attached hydrogen (secondary N) is 1. The molecule has 0 fully saturated rings. The van der Waals surface area contributed by atoms with Crippen LogP contribution >= 0.6 is 0 Å². The SMILES string of the molecule is COc1ccc(C)cc1Nc1cc(CN(C)Cc2ccccc2)nc(N)n1. The minimum Gasteiger partial charge on any atom is -0.495 e. The molecule has 0 aliphatic heterocycles. The van der Waals surface area contributed by atoms with Crippen LogP contribution in [-0.2, 0) is 13.1 Å². The highest BCUT2D eigenvalue weighted by atomic mass is 16.5. The van der Waals surface area contributed by atoms with Crippen LogP contribution in [-0.4, -0.2) is 29.0 Å². The fourth-order valence-corrected chi connectivity index (χ4v) is 2.95. The predicted octanol–water partition coefficient (Wildman–Crippen LogP) is 3.75. The Kier molecular flexibility index (Phi) is 5.88. The molecule has 3 rings (SSSR count). The van der Waals surface area contributed by atoms with Gasteiger partial charge in [-0.3, -0.25) is 4.90 Å². The molecule has 0 spiro atoms. The van der Waals surface area contributed by atoms with Crippen LogP contribution in [0.1, 0.15) is 16.8 Å². The van der Waals surface area contributed by atoms with E-state index in [2.05, 4.69) is 39.4 Å². The van der Waals surface area contributed by atoms with Gasteiger partial charge >= 0.3 is 0 Å². The minimum absolute atomic E-state index is 0.245. The monoisotopic (exact) mass is 363 g/mol. The Balaban J connectivity index is 1.75. The summed E-state index contributed by atoms with van der Waals surface area (Å²) in [5, 5.41) is 3.29. The standard InChI is InChI=1S/C21H25N5O/c1-15-9-10-19(27-3)18(11-15)24-20-12-17(23-21(22)25-20)14-26(2)13-16-7-5-4-6-8-16/h4-12H,13-14H2,1-3H3,(H3,22,23,24,25). The number of ether oxygens (including phenoxy) is 1. The number of methoxy groups -OCH3 is 1. The summed E-state index contributed by atoms with van der Waals surface area (Å²) in [4.78, 5) is 10.9. The molecular weight excluding hydrogens is 338 g/mol. The molecule has 0 atom stereocenters. The second kappa shape index (κ2) is 8.51. The number of hydrogen-bond donors (Lipinski definition) is 2. The van der Waals surface area contributed by atoms with E-state index in [1.807, 2.05) is 49.4 Å². The highest BCUT2D eigenvalue weighted by Crippen LogP contribution is 2.28. The van der Waals surface area contributed by atoms with Gasteiger partial charge in [-0.1, -0.05) is 36.4 Å². The van der Waals surface area contributed by atoms with E-state index in [1.165, 1.54) is 5.56 Å². The van der Waals surface area contributed by atoms with Gasteiger partial charge in [-0.2, -0.15) is 4.98 Å². The van der Waals surface area contributed by atoms with Crippen LogP contribution < -0.4 is 15.8 Å². The molecule has 6 nitrogen and oxygen atoms in total. The number of nitrogens with two attached hydrogens (primary N) is 1. The maximum atomic E-state index is 5.93. The van der Waals surface area contributed by atoms with E-state index >= 15 is 0 Å². The third kappa shape index (κ3) is 5.18. The van der Waals surface area contributed by atoms with Crippen LogP contribution in [0.25, 0.3) is 0 Å². The maximum absolute atomic E-state index is 5.93. The first-order valence-electron chi connectivity index (χ1n) is 8.81. The number of aromatic nitrogens is 2. The molecule has 1 aromatic heterocycles. The van der Waals surface area contributed by atoms with Gasteiger partial charge in [0, 0.05) is 19.2 Å². The normalized spacial score (nSPS) is 10.8. The van der Waals surface area contributed by atoms with Gasteiger partial charge in [0.05, 0.1) is 18.5 Å². The van der Waals surface area contributed by atoms with Gasteiger partial charge in [-0.05, 0) is 37.2 Å². The third-order valence-corrected chi connectivity index (χ3v) is 4.14. The third-order valence-electron chi connectivity index (χ3n) is 4.14. The maximum Gasteiger partial charge on any atom is 0.222 e. The topological polar surface area (TPSA) is 76.3 Å². The van der Waals surface area contributed by atoms with Crippen molar-refractivity contribution in [3.63, 3.8) is 0 Å². The number of benzene rings is 2. The summed E-state index contributed by atoms with van der Waals surface area (Å²) in [5.74, 6) is 1.64. The first kappa shape index (κ1) is 18.7. The van der Waals surface area contributed by atoms with Crippen LogP contribution in [0.5, 0.6) is 5.75 Å². The Hall–Kier alpha value is -3.12. The Morgan fingerprint density at radius 1 is 1.04 bits per heavy atom. The van der Waals surface area contributed by atoms with Crippen molar-refractivity contribution < 1.29 is 4.74 Å². The van der Waals surface area contributed by atoms with Gasteiger partial charge in [-0.25, -0.2) is 4.98 Å². The molecule has 0 radical (unpaired) electrons. The zero-order chi connectivity index (χ0) is 19.2. The quantitative estimate of drug-likeness (QED) is 0.666. The second-order valence-electron chi connectivity index (χ2n) is 6.59. The van der Waals surface area contributed by atoms with Crippen molar-refractivity contribution in [2.75, 3.05) is 25.2 Å². The highest BCUT2D eigenvalue weighted by molar-refractivity contribution is 5.65. The van der Waals surface area contributed by atoms with Gasteiger partial charge in [0.1, 0.15) is 11.6 Å². The van der Waals surface area contributed by atoms with Crippen molar-refractivity contribution in [3.8, 4) is 5.75 Å². The van der Waals surface area contributed by atoms with Crippen LogP contribution in [0.4, 0.5) is 17.5 Å². The number of anilines is 3. The van der Waals surface area contributed by atoms with Crippen molar-refractivity contribution >= 4 is 17.5 Å². The van der Waals surface area contributed by atoms with Crippen LogP contribution in [0, 0.1) is 6.92 Å². The first-order valence-corrected chi connectivity index (χ1v) is 8.81. The van der Waals surface area contributed by atoms with E-state index in [0.717, 1.165) is 29.2 Å². The Morgan fingerprint density at radius 2 is 1.81 bits per heavy atom. The van der Waals surface area contributed by atoms with E-state index in [1.54, 1.807) is 7.11 Å². The minimum atomic E-state index is 0.245. The number of hydrogen-bond acceptors (Lipinski definition) is 6. The lowest BCUT2D eigenvalue weighted by Crippen LogP contribution is -2.18. The van der Waals surface area contributed by atoms with E-state index in [-0.39, 0.29) is 5.95 Å². The van der Waals surface area contributed by atoms with Gasteiger partial charge in [-0.15, -0.1) is 0 Å². The van der Waals surface area contributed by atoms with Crippen LogP contribution in [0.15, 0.2) is 54.6 Å². The summed E-state index contributed by atoms with van der Waals surface area (Å²) >= 11 is 0. The molecule has 0 aliphatic rings. The lowest BCUT2D eigenvalue weighted by atomic mass is 10.2. The lowest BCUT2D eigenvalue weighted by molar-refractivity contribution is 0.315. The molecule has 0 unspecified atom stereocenters. The number of nitrogens with zero attached hydrogens (tertiary/aromatic N) is 3. The summed E-state index contributed by atoms with van der Waals surface area (Å²) in [6.45, 7) is 3.53. The largest absolute Gasteiger partial charge is 0.495 e. The molecule has 0 saturated carbocycles. The molecule has 3 aromatic rings. The molecule has 1 heterocycles. The fourth-order valence-electron chi connectivity index (χ4n) is 2.95. The predicted molar refractivity (Wildman–Crippen MR) is 109 cm³/mol. The molecule has 3 N–H and O–H groups in total. The lowest BCUT2D eigenvalue weighted by Gasteiger charge is -2.17. The Labute approximate surface area is 160 Å². The van der Waals surface area contributed by atoms with Gasteiger partial charge in [0.15, 0.2) is 0 Å². The molecule has 2 aromatic carbocycles. The van der Waals surface area contributed by atoms with Gasteiger partial charge < -0.3 is 15.8 Å². The molecule has 0 bridgehead atoms. The zero-order valence-electron chi connectivity index (χ0n) is 15.9. The average Bonchev–Trinajstić information content (AvgIpc) is 2.62. The Bertz CT molecular complexity index is 898. The summed E-state index contributed by atoms with van der Waals surface area (Å²) in [6.07, 6.45) is 0. The van der Waals surface area contributed by atoms with Crippen LogP contribution in [0.2, 0.25) is 0 Å².